The van der Waals surface area contributed by atoms with Gasteiger partial charge in [0.05, 0.1) is 0 Å². The second-order valence-corrected chi connectivity index (χ2v) is 3.67. The van der Waals surface area contributed by atoms with Crippen LogP contribution in [0.2, 0.25) is 0 Å². The van der Waals surface area contributed by atoms with Crippen LogP contribution >= 0.6 is 0 Å². The highest BCUT2D eigenvalue weighted by molar-refractivity contribution is 5.75. The molecule has 0 atom stereocenters. The van der Waals surface area contributed by atoms with E-state index in [-0.39, 0.29) is 0 Å². The fourth-order valence-electron chi connectivity index (χ4n) is 1.66. The van der Waals surface area contributed by atoms with Crippen molar-refractivity contribution in [1.82, 2.24) is 9.97 Å². The largest absolute Gasteiger partial charge is 0.418 e. The first-order chi connectivity index (χ1) is 7.84. The molecule has 0 bridgehead atoms. The van der Waals surface area contributed by atoms with Gasteiger partial charge in [-0.1, -0.05) is 18.2 Å². The van der Waals surface area contributed by atoms with Gasteiger partial charge in [0.25, 0.3) is 0 Å². The number of pyridine rings is 1. The van der Waals surface area contributed by atoms with Crippen molar-refractivity contribution in [2.45, 2.75) is 6.92 Å². The summed E-state index contributed by atoms with van der Waals surface area (Å²) in [6, 6.07) is 11.8. The van der Waals surface area contributed by atoms with Crippen molar-refractivity contribution in [2.75, 3.05) is 0 Å². The van der Waals surface area contributed by atoms with Crippen LogP contribution in [0.15, 0.2) is 47.0 Å². The summed E-state index contributed by atoms with van der Waals surface area (Å²) >= 11 is 0. The number of benzene rings is 1. The van der Waals surface area contributed by atoms with Crippen LogP contribution in [0.25, 0.3) is 22.7 Å². The van der Waals surface area contributed by atoms with Gasteiger partial charge in [-0.3, -0.25) is 0 Å². The maximum atomic E-state index is 5.61. The lowest BCUT2D eigenvalue weighted by Gasteiger charge is -1.91. The van der Waals surface area contributed by atoms with E-state index in [1.54, 1.807) is 6.20 Å². The van der Waals surface area contributed by atoms with Crippen LogP contribution in [0, 0.1) is 6.92 Å². The normalized spacial score (nSPS) is 10.8. The van der Waals surface area contributed by atoms with Gasteiger partial charge in [0, 0.05) is 11.8 Å². The number of aromatic nitrogens is 2. The Morgan fingerprint density at radius 1 is 1.06 bits per heavy atom. The predicted octanol–water partition coefficient (Wildman–Crippen LogP) is 3.20. The zero-order valence-corrected chi connectivity index (χ0v) is 8.84. The highest BCUT2D eigenvalue weighted by Crippen LogP contribution is 2.23. The van der Waals surface area contributed by atoms with Gasteiger partial charge in [0.1, 0.15) is 5.52 Å². The minimum absolute atomic E-state index is 0.596. The van der Waals surface area contributed by atoms with Gasteiger partial charge in [0.2, 0.25) is 11.6 Å². The molecule has 3 rings (SSSR count). The summed E-state index contributed by atoms with van der Waals surface area (Å²) in [4.78, 5) is 8.61. The first-order valence-corrected chi connectivity index (χ1v) is 5.12. The van der Waals surface area contributed by atoms with E-state index < -0.39 is 0 Å². The van der Waals surface area contributed by atoms with Gasteiger partial charge in [-0.2, -0.15) is 0 Å². The molecule has 3 heteroatoms. The number of rotatable bonds is 1. The lowest BCUT2D eigenvalue weighted by Crippen LogP contribution is -1.78. The molecule has 0 spiro atoms. The summed E-state index contributed by atoms with van der Waals surface area (Å²) in [5.41, 5.74) is 3.48. The van der Waals surface area contributed by atoms with Crippen LogP contribution in [0.1, 0.15) is 5.56 Å². The van der Waals surface area contributed by atoms with Crippen LogP contribution in [0.4, 0.5) is 0 Å². The second kappa shape index (κ2) is 3.45. The van der Waals surface area contributed by atoms with Gasteiger partial charge in [-0.15, -0.1) is 0 Å². The lowest BCUT2D eigenvalue weighted by atomic mass is 10.2. The number of hydrogen-bond acceptors (Lipinski definition) is 3. The summed E-state index contributed by atoms with van der Waals surface area (Å²) in [7, 11) is 0. The van der Waals surface area contributed by atoms with Crippen LogP contribution < -0.4 is 0 Å². The Morgan fingerprint density at radius 2 is 1.88 bits per heavy atom. The van der Waals surface area contributed by atoms with Crippen LogP contribution in [0.5, 0.6) is 0 Å². The Labute approximate surface area is 92.8 Å². The summed E-state index contributed by atoms with van der Waals surface area (Å²) in [6.45, 7) is 2.00. The van der Waals surface area contributed by atoms with Gasteiger partial charge in [-0.05, 0) is 30.7 Å². The molecule has 0 amide bonds. The Kier molecular flexibility index (Phi) is 1.96. The third-order valence-corrected chi connectivity index (χ3v) is 2.52. The first-order valence-electron chi connectivity index (χ1n) is 5.12. The summed E-state index contributed by atoms with van der Waals surface area (Å²) < 4.78 is 5.61. The van der Waals surface area contributed by atoms with E-state index in [1.165, 1.54) is 0 Å². The molecule has 0 N–H and O–H groups in total. The summed E-state index contributed by atoms with van der Waals surface area (Å²) in [6.07, 6.45) is 1.73. The van der Waals surface area contributed by atoms with Crippen molar-refractivity contribution in [3.63, 3.8) is 0 Å². The minimum Gasteiger partial charge on any atom is -0.418 e. The molecule has 2 heterocycles. The molecule has 2 aromatic heterocycles. The standard InChI is InChI=1S/C13H10N2O/c1-9-7-8-14-13-11(9)15-12(16-13)10-5-3-2-4-6-10/h2-8H,1H3. The summed E-state index contributed by atoms with van der Waals surface area (Å²) in [5, 5.41) is 0. The van der Waals surface area contributed by atoms with E-state index in [4.69, 9.17) is 4.42 Å². The molecule has 0 fully saturated rings. The molecule has 0 aliphatic heterocycles. The maximum Gasteiger partial charge on any atom is 0.247 e. The van der Waals surface area contributed by atoms with Crippen molar-refractivity contribution in [3.05, 3.63) is 48.2 Å². The maximum absolute atomic E-state index is 5.61. The summed E-state index contributed by atoms with van der Waals surface area (Å²) in [5.74, 6) is 0.623. The number of nitrogens with zero attached hydrogens (tertiary/aromatic N) is 2. The monoisotopic (exact) mass is 210 g/mol. The second-order valence-electron chi connectivity index (χ2n) is 3.67. The van der Waals surface area contributed by atoms with Crippen molar-refractivity contribution in [1.29, 1.82) is 0 Å². The molecule has 1 aromatic carbocycles. The zero-order chi connectivity index (χ0) is 11.0. The number of aryl methyl sites for hydroxylation is 1. The fraction of sp³-hybridized carbons (Fsp3) is 0.0769. The molecule has 0 aliphatic carbocycles. The van der Waals surface area contributed by atoms with Crippen molar-refractivity contribution < 1.29 is 4.42 Å². The highest BCUT2D eigenvalue weighted by atomic mass is 16.4. The van der Waals surface area contributed by atoms with Gasteiger partial charge in [0.15, 0.2) is 0 Å². The molecule has 0 aliphatic rings. The highest BCUT2D eigenvalue weighted by Gasteiger charge is 2.09. The van der Waals surface area contributed by atoms with Gasteiger partial charge in [-0.25, -0.2) is 9.97 Å². The molecule has 3 aromatic rings. The Hall–Kier alpha value is -2.16. The third kappa shape index (κ3) is 1.37. The minimum atomic E-state index is 0.596. The molecule has 0 saturated heterocycles. The van der Waals surface area contributed by atoms with Gasteiger partial charge < -0.3 is 4.42 Å². The molecular formula is C13H10N2O. The van der Waals surface area contributed by atoms with Crippen molar-refractivity contribution >= 4 is 11.2 Å². The molecule has 16 heavy (non-hydrogen) atoms. The Balaban J connectivity index is 2.23. The zero-order valence-electron chi connectivity index (χ0n) is 8.84. The van der Waals surface area contributed by atoms with Gasteiger partial charge >= 0.3 is 0 Å². The van der Waals surface area contributed by atoms with Crippen LogP contribution in [-0.4, -0.2) is 9.97 Å². The molecule has 0 radical (unpaired) electrons. The third-order valence-electron chi connectivity index (χ3n) is 2.52. The van der Waals surface area contributed by atoms with E-state index >= 15 is 0 Å². The number of oxazole rings is 1. The van der Waals surface area contributed by atoms with E-state index in [0.717, 1.165) is 16.6 Å². The number of hydrogen-bond donors (Lipinski definition) is 0. The van der Waals surface area contributed by atoms with Crippen LogP contribution in [0.3, 0.4) is 0 Å². The van der Waals surface area contributed by atoms with E-state index in [2.05, 4.69) is 9.97 Å². The predicted molar refractivity (Wildman–Crippen MR) is 62.0 cm³/mol. The quantitative estimate of drug-likeness (QED) is 0.619. The molecule has 0 unspecified atom stereocenters. The average molecular weight is 210 g/mol. The topological polar surface area (TPSA) is 38.9 Å². The SMILES string of the molecule is Cc1ccnc2oc(-c3ccccc3)nc12. The molecule has 0 saturated carbocycles. The smallest absolute Gasteiger partial charge is 0.247 e. The van der Waals surface area contributed by atoms with E-state index in [0.29, 0.717) is 11.6 Å². The van der Waals surface area contributed by atoms with E-state index in [1.807, 2.05) is 43.3 Å². The Morgan fingerprint density at radius 3 is 2.62 bits per heavy atom. The molecular weight excluding hydrogens is 200 g/mol. The molecule has 78 valence electrons. The Bertz CT molecular complexity index is 629. The number of fused-ring (bicyclic) bond motifs is 1. The van der Waals surface area contributed by atoms with E-state index in [9.17, 15) is 0 Å². The van der Waals surface area contributed by atoms with Crippen molar-refractivity contribution in [3.8, 4) is 11.5 Å². The van der Waals surface area contributed by atoms with Crippen molar-refractivity contribution in [2.24, 2.45) is 0 Å². The molecule has 3 nitrogen and oxygen atoms in total. The lowest BCUT2D eigenvalue weighted by molar-refractivity contribution is 0.608. The van der Waals surface area contributed by atoms with Crippen LogP contribution in [-0.2, 0) is 0 Å². The average Bonchev–Trinajstić information content (AvgIpc) is 2.76. The fourth-order valence-corrected chi connectivity index (χ4v) is 1.66. The first kappa shape index (κ1) is 9.09.